The number of carboxylic acid groups (broad SMARTS) is 1. The third kappa shape index (κ3) is 3.33. The first-order chi connectivity index (χ1) is 9.08. The molecule has 0 bridgehead atoms. The second-order valence-electron chi connectivity index (χ2n) is 5.00. The molecule has 1 aromatic heterocycles. The lowest BCUT2D eigenvalue weighted by Gasteiger charge is -2.15. The molecule has 2 N–H and O–H groups in total. The van der Waals surface area contributed by atoms with Crippen molar-refractivity contribution in [3.8, 4) is 0 Å². The molecule has 104 valence electrons. The van der Waals surface area contributed by atoms with Crippen molar-refractivity contribution in [3.05, 3.63) is 18.0 Å². The Morgan fingerprint density at radius 3 is 2.84 bits per heavy atom. The summed E-state index contributed by atoms with van der Waals surface area (Å²) < 4.78 is 1.72. The van der Waals surface area contributed by atoms with Crippen LogP contribution in [0.1, 0.15) is 25.0 Å². The molecule has 1 aliphatic carbocycles. The average Bonchev–Trinajstić information content (AvgIpc) is 2.97. The first-order valence-electron chi connectivity index (χ1n) is 6.57. The van der Waals surface area contributed by atoms with E-state index in [4.69, 9.17) is 5.11 Å². The molecule has 6 nitrogen and oxygen atoms in total. The SMILES string of the molecule is Cn1ccc(CCNC(=O)C2CCCC2C(=O)O)n1. The van der Waals surface area contributed by atoms with Crippen LogP contribution in [0.4, 0.5) is 0 Å². The molecule has 6 heteroatoms. The van der Waals surface area contributed by atoms with Gasteiger partial charge in [-0.25, -0.2) is 0 Å². The van der Waals surface area contributed by atoms with Gasteiger partial charge >= 0.3 is 5.97 Å². The van der Waals surface area contributed by atoms with Crippen molar-refractivity contribution in [1.29, 1.82) is 0 Å². The fraction of sp³-hybridized carbons (Fsp3) is 0.615. The molecule has 2 atom stereocenters. The maximum absolute atomic E-state index is 12.0. The number of hydrogen-bond donors (Lipinski definition) is 2. The van der Waals surface area contributed by atoms with E-state index in [9.17, 15) is 9.59 Å². The van der Waals surface area contributed by atoms with E-state index in [0.29, 0.717) is 25.8 Å². The summed E-state index contributed by atoms with van der Waals surface area (Å²) in [5, 5.41) is 16.1. The Kier molecular flexibility index (Phi) is 4.19. The Labute approximate surface area is 111 Å². The summed E-state index contributed by atoms with van der Waals surface area (Å²) in [5.74, 6) is -1.89. The highest BCUT2D eigenvalue weighted by atomic mass is 16.4. The largest absolute Gasteiger partial charge is 0.481 e. The van der Waals surface area contributed by atoms with E-state index >= 15 is 0 Å². The molecular weight excluding hydrogens is 246 g/mol. The number of carbonyl (C=O) groups is 2. The van der Waals surface area contributed by atoms with Gasteiger partial charge in [-0.05, 0) is 18.9 Å². The summed E-state index contributed by atoms with van der Waals surface area (Å²) in [6.07, 6.45) is 4.61. The fourth-order valence-electron chi connectivity index (χ4n) is 2.61. The molecule has 0 radical (unpaired) electrons. The van der Waals surface area contributed by atoms with Crippen molar-refractivity contribution in [1.82, 2.24) is 15.1 Å². The number of nitrogens with one attached hydrogen (secondary N) is 1. The van der Waals surface area contributed by atoms with Gasteiger partial charge in [0.05, 0.1) is 17.5 Å². The first-order valence-corrected chi connectivity index (χ1v) is 6.57. The highest BCUT2D eigenvalue weighted by Crippen LogP contribution is 2.31. The second kappa shape index (κ2) is 5.86. The molecule has 1 aliphatic rings. The zero-order valence-corrected chi connectivity index (χ0v) is 11.0. The van der Waals surface area contributed by atoms with Gasteiger partial charge in [0.2, 0.25) is 5.91 Å². The van der Waals surface area contributed by atoms with Crippen molar-refractivity contribution >= 4 is 11.9 Å². The van der Waals surface area contributed by atoms with Crippen LogP contribution in [0.5, 0.6) is 0 Å². The van der Waals surface area contributed by atoms with Gasteiger partial charge in [-0.15, -0.1) is 0 Å². The Morgan fingerprint density at radius 1 is 1.47 bits per heavy atom. The molecule has 1 amide bonds. The highest BCUT2D eigenvalue weighted by Gasteiger charge is 2.37. The lowest BCUT2D eigenvalue weighted by Crippen LogP contribution is -2.36. The average molecular weight is 265 g/mol. The number of aryl methyl sites for hydroxylation is 1. The number of rotatable bonds is 5. The molecular formula is C13H19N3O3. The van der Waals surface area contributed by atoms with Crippen LogP contribution >= 0.6 is 0 Å². The zero-order valence-electron chi connectivity index (χ0n) is 11.0. The third-order valence-electron chi connectivity index (χ3n) is 3.62. The van der Waals surface area contributed by atoms with Crippen LogP contribution in [0.15, 0.2) is 12.3 Å². The van der Waals surface area contributed by atoms with Gasteiger partial charge in [-0.2, -0.15) is 5.10 Å². The van der Waals surface area contributed by atoms with Crippen LogP contribution in [0.2, 0.25) is 0 Å². The molecule has 0 saturated heterocycles. The van der Waals surface area contributed by atoms with Gasteiger partial charge in [-0.1, -0.05) is 6.42 Å². The van der Waals surface area contributed by atoms with Gasteiger partial charge in [0, 0.05) is 26.2 Å². The number of hydrogen-bond acceptors (Lipinski definition) is 3. The number of carbonyl (C=O) groups excluding carboxylic acids is 1. The van der Waals surface area contributed by atoms with Gasteiger partial charge in [0.1, 0.15) is 0 Å². The minimum atomic E-state index is -0.859. The molecule has 0 aromatic carbocycles. The van der Waals surface area contributed by atoms with E-state index in [0.717, 1.165) is 12.1 Å². The Bertz CT molecular complexity index is 469. The van der Waals surface area contributed by atoms with E-state index in [-0.39, 0.29) is 11.8 Å². The fourth-order valence-corrected chi connectivity index (χ4v) is 2.61. The molecule has 2 rings (SSSR count). The van der Waals surface area contributed by atoms with Crippen molar-refractivity contribution in [2.45, 2.75) is 25.7 Å². The number of amides is 1. The minimum Gasteiger partial charge on any atom is -0.481 e. The summed E-state index contributed by atoms with van der Waals surface area (Å²) in [4.78, 5) is 23.0. The molecule has 2 unspecified atom stereocenters. The lowest BCUT2D eigenvalue weighted by molar-refractivity contribution is -0.146. The van der Waals surface area contributed by atoms with Crippen LogP contribution in [0.25, 0.3) is 0 Å². The normalized spacial score (nSPS) is 22.4. The quantitative estimate of drug-likeness (QED) is 0.815. The molecule has 1 aromatic rings. The summed E-state index contributed by atoms with van der Waals surface area (Å²) in [7, 11) is 1.85. The maximum Gasteiger partial charge on any atom is 0.307 e. The minimum absolute atomic E-state index is 0.138. The van der Waals surface area contributed by atoms with Gasteiger partial charge in [-0.3, -0.25) is 14.3 Å². The number of aliphatic carboxylic acids is 1. The number of carboxylic acids is 1. The molecule has 1 saturated carbocycles. The lowest BCUT2D eigenvalue weighted by atomic mass is 9.95. The molecule has 1 fully saturated rings. The molecule has 19 heavy (non-hydrogen) atoms. The highest BCUT2D eigenvalue weighted by molar-refractivity contribution is 5.85. The molecule has 0 aliphatic heterocycles. The number of aromatic nitrogens is 2. The van der Waals surface area contributed by atoms with E-state index in [1.54, 1.807) is 4.68 Å². The standard InChI is InChI=1S/C13H19N3O3/c1-16-8-6-9(15-16)5-7-14-12(17)10-3-2-4-11(10)13(18)19/h6,8,10-11H,2-5,7H2,1H3,(H,14,17)(H,18,19). The topological polar surface area (TPSA) is 84.2 Å². The smallest absolute Gasteiger partial charge is 0.307 e. The van der Waals surface area contributed by atoms with E-state index < -0.39 is 11.9 Å². The monoisotopic (exact) mass is 265 g/mol. The van der Waals surface area contributed by atoms with Gasteiger partial charge < -0.3 is 10.4 Å². The van der Waals surface area contributed by atoms with Crippen molar-refractivity contribution in [2.75, 3.05) is 6.54 Å². The Hall–Kier alpha value is -1.85. The van der Waals surface area contributed by atoms with Crippen molar-refractivity contribution < 1.29 is 14.7 Å². The van der Waals surface area contributed by atoms with Crippen LogP contribution in [0.3, 0.4) is 0 Å². The van der Waals surface area contributed by atoms with Gasteiger partial charge in [0.25, 0.3) is 0 Å². The zero-order chi connectivity index (χ0) is 13.8. The van der Waals surface area contributed by atoms with E-state index in [1.165, 1.54) is 0 Å². The maximum atomic E-state index is 12.0. The third-order valence-corrected chi connectivity index (χ3v) is 3.62. The van der Waals surface area contributed by atoms with Crippen LogP contribution in [0, 0.1) is 11.8 Å². The molecule has 0 spiro atoms. The predicted octanol–water partition coefficient (Wildman–Crippen LogP) is 0.580. The van der Waals surface area contributed by atoms with Crippen molar-refractivity contribution in [2.24, 2.45) is 18.9 Å². The van der Waals surface area contributed by atoms with Crippen LogP contribution in [-0.2, 0) is 23.1 Å². The van der Waals surface area contributed by atoms with Crippen LogP contribution in [-0.4, -0.2) is 33.3 Å². The summed E-state index contributed by atoms with van der Waals surface area (Å²) in [6, 6.07) is 1.90. The Balaban J connectivity index is 1.79. The summed E-state index contributed by atoms with van der Waals surface area (Å²) in [6.45, 7) is 0.499. The van der Waals surface area contributed by atoms with Crippen LogP contribution < -0.4 is 5.32 Å². The second-order valence-corrected chi connectivity index (χ2v) is 5.00. The van der Waals surface area contributed by atoms with E-state index in [1.807, 2.05) is 19.3 Å². The molecule has 1 heterocycles. The van der Waals surface area contributed by atoms with Gasteiger partial charge in [0.15, 0.2) is 0 Å². The van der Waals surface area contributed by atoms with E-state index in [2.05, 4.69) is 10.4 Å². The Morgan fingerprint density at radius 2 is 2.21 bits per heavy atom. The number of nitrogens with zero attached hydrogens (tertiary/aromatic N) is 2. The summed E-state index contributed by atoms with van der Waals surface area (Å²) in [5.41, 5.74) is 0.920. The van der Waals surface area contributed by atoms with Crippen molar-refractivity contribution in [3.63, 3.8) is 0 Å². The first kappa shape index (κ1) is 13.6. The summed E-state index contributed by atoms with van der Waals surface area (Å²) >= 11 is 0. The predicted molar refractivity (Wildman–Crippen MR) is 68.4 cm³/mol.